The van der Waals surface area contributed by atoms with Crippen LogP contribution in [0, 0.1) is 11.8 Å². The second kappa shape index (κ2) is 6.40. The molecule has 0 bridgehead atoms. The topological polar surface area (TPSA) is 46.3 Å². The molecule has 100 valence electrons. The first kappa shape index (κ1) is 13.6. The molecule has 2 unspecified atom stereocenters. The fourth-order valence-electron chi connectivity index (χ4n) is 2.48. The Morgan fingerprint density at radius 3 is 2.79 bits per heavy atom. The van der Waals surface area contributed by atoms with Crippen molar-refractivity contribution in [3.8, 4) is 11.8 Å². The lowest BCUT2D eigenvalue weighted by Gasteiger charge is -2.36. The zero-order chi connectivity index (χ0) is 13.7. The van der Waals surface area contributed by atoms with Crippen LogP contribution >= 0.6 is 0 Å². The number of hydrogen-bond donors (Lipinski definition) is 1. The third kappa shape index (κ3) is 3.59. The number of nitrogens with two attached hydrogens (primary N) is 1. The van der Waals surface area contributed by atoms with E-state index in [4.69, 9.17) is 5.73 Å². The molecule has 1 aliphatic heterocycles. The quantitative estimate of drug-likeness (QED) is 0.778. The van der Waals surface area contributed by atoms with Gasteiger partial charge in [-0.3, -0.25) is 4.79 Å². The Labute approximate surface area is 114 Å². The van der Waals surface area contributed by atoms with Crippen LogP contribution in [0.15, 0.2) is 30.3 Å². The molecule has 0 saturated carbocycles. The molecule has 2 N–H and O–H groups in total. The van der Waals surface area contributed by atoms with Crippen molar-refractivity contribution >= 4 is 5.91 Å². The van der Waals surface area contributed by atoms with E-state index in [1.807, 2.05) is 42.2 Å². The maximum absolute atomic E-state index is 12.2. The third-order valence-electron chi connectivity index (χ3n) is 3.50. The SMILES string of the molecule is CC(N)C1CCCCN1C(=O)C#Cc1ccccc1. The summed E-state index contributed by atoms with van der Waals surface area (Å²) < 4.78 is 0. The summed E-state index contributed by atoms with van der Waals surface area (Å²) in [6, 6.07) is 9.71. The van der Waals surface area contributed by atoms with Gasteiger partial charge in [0.25, 0.3) is 5.91 Å². The zero-order valence-electron chi connectivity index (χ0n) is 11.3. The van der Waals surface area contributed by atoms with Gasteiger partial charge in [-0.1, -0.05) is 24.1 Å². The highest BCUT2D eigenvalue weighted by Crippen LogP contribution is 2.18. The number of likely N-dealkylation sites (tertiary alicyclic amines) is 1. The Hall–Kier alpha value is -1.79. The van der Waals surface area contributed by atoms with Gasteiger partial charge in [0.05, 0.1) is 0 Å². The van der Waals surface area contributed by atoms with Crippen LogP contribution in [0.2, 0.25) is 0 Å². The molecule has 0 radical (unpaired) electrons. The Bertz CT molecular complexity index is 484. The molecule has 0 spiro atoms. The highest BCUT2D eigenvalue weighted by molar-refractivity contribution is 5.94. The van der Waals surface area contributed by atoms with Crippen LogP contribution in [0.1, 0.15) is 31.7 Å². The molecule has 3 heteroatoms. The van der Waals surface area contributed by atoms with Gasteiger partial charge < -0.3 is 10.6 Å². The summed E-state index contributed by atoms with van der Waals surface area (Å²) in [5.41, 5.74) is 6.83. The molecular weight excluding hydrogens is 236 g/mol. The summed E-state index contributed by atoms with van der Waals surface area (Å²) in [7, 11) is 0. The van der Waals surface area contributed by atoms with Gasteiger partial charge in [0.1, 0.15) is 0 Å². The first-order chi connectivity index (χ1) is 9.18. The second-order valence-corrected chi connectivity index (χ2v) is 5.04. The molecule has 1 aromatic carbocycles. The molecule has 1 aliphatic rings. The minimum atomic E-state index is -0.106. The van der Waals surface area contributed by atoms with E-state index in [9.17, 15) is 4.79 Å². The zero-order valence-corrected chi connectivity index (χ0v) is 11.3. The monoisotopic (exact) mass is 256 g/mol. The van der Waals surface area contributed by atoms with Crippen LogP contribution in [0.5, 0.6) is 0 Å². The van der Waals surface area contributed by atoms with E-state index in [0.717, 1.165) is 31.4 Å². The lowest BCUT2D eigenvalue weighted by Crippen LogP contribution is -2.51. The van der Waals surface area contributed by atoms with Crippen LogP contribution in [0.3, 0.4) is 0 Å². The maximum atomic E-state index is 12.2. The molecule has 2 rings (SSSR count). The van der Waals surface area contributed by atoms with Gasteiger partial charge in [0.2, 0.25) is 0 Å². The highest BCUT2D eigenvalue weighted by Gasteiger charge is 2.28. The lowest BCUT2D eigenvalue weighted by molar-refractivity contribution is -0.129. The number of piperidine rings is 1. The fourth-order valence-corrected chi connectivity index (χ4v) is 2.48. The smallest absolute Gasteiger partial charge is 0.299 e. The first-order valence-corrected chi connectivity index (χ1v) is 6.82. The van der Waals surface area contributed by atoms with Crippen molar-refractivity contribution in [3.05, 3.63) is 35.9 Å². The number of nitrogens with zero attached hydrogens (tertiary/aromatic N) is 1. The van der Waals surface area contributed by atoms with Crippen molar-refractivity contribution < 1.29 is 4.79 Å². The van der Waals surface area contributed by atoms with E-state index in [2.05, 4.69) is 11.8 Å². The normalized spacial score (nSPS) is 20.3. The molecule has 1 saturated heterocycles. The molecule has 3 nitrogen and oxygen atoms in total. The summed E-state index contributed by atoms with van der Waals surface area (Å²) in [5, 5.41) is 0. The maximum Gasteiger partial charge on any atom is 0.299 e. The predicted octanol–water partition coefficient (Wildman–Crippen LogP) is 1.77. The average Bonchev–Trinajstić information content (AvgIpc) is 2.46. The van der Waals surface area contributed by atoms with E-state index in [1.54, 1.807) is 0 Å². The van der Waals surface area contributed by atoms with Crippen LogP contribution in [0.4, 0.5) is 0 Å². The highest BCUT2D eigenvalue weighted by atomic mass is 16.2. The Balaban J connectivity index is 2.08. The summed E-state index contributed by atoms with van der Waals surface area (Å²) in [4.78, 5) is 14.0. The lowest BCUT2D eigenvalue weighted by atomic mass is 9.97. The summed E-state index contributed by atoms with van der Waals surface area (Å²) in [5.74, 6) is 5.55. The standard InChI is InChI=1S/C16H20N2O/c1-13(17)15-9-5-6-12-18(15)16(19)11-10-14-7-3-2-4-8-14/h2-4,7-8,13,15H,5-6,9,12,17H2,1H3. The minimum Gasteiger partial charge on any atom is -0.327 e. The molecule has 2 atom stereocenters. The van der Waals surface area contributed by atoms with Gasteiger partial charge in [-0.25, -0.2) is 0 Å². The largest absolute Gasteiger partial charge is 0.327 e. The molecule has 1 amide bonds. The molecule has 0 aliphatic carbocycles. The molecular formula is C16H20N2O. The van der Waals surface area contributed by atoms with Crippen molar-refractivity contribution in [2.75, 3.05) is 6.54 Å². The van der Waals surface area contributed by atoms with Gasteiger partial charge in [0.15, 0.2) is 0 Å². The summed E-state index contributed by atoms with van der Waals surface area (Å²) in [6.45, 7) is 2.73. The van der Waals surface area contributed by atoms with E-state index >= 15 is 0 Å². The summed E-state index contributed by atoms with van der Waals surface area (Å²) >= 11 is 0. The third-order valence-corrected chi connectivity index (χ3v) is 3.50. The van der Waals surface area contributed by atoms with Crippen molar-refractivity contribution in [3.63, 3.8) is 0 Å². The summed E-state index contributed by atoms with van der Waals surface area (Å²) in [6.07, 6.45) is 3.17. The molecule has 1 aromatic rings. The van der Waals surface area contributed by atoms with Gasteiger partial charge in [0, 0.05) is 30.1 Å². The fraction of sp³-hybridized carbons (Fsp3) is 0.438. The first-order valence-electron chi connectivity index (χ1n) is 6.82. The molecule has 1 fully saturated rings. The second-order valence-electron chi connectivity index (χ2n) is 5.04. The Morgan fingerprint density at radius 1 is 1.37 bits per heavy atom. The van der Waals surface area contributed by atoms with Gasteiger partial charge in [-0.05, 0) is 38.3 Å². The van der Waals surface area contributed by atoms with E-state index < -0.39 is 0 Å². The van der Waals surface area contributed by atoms with Crippen LogP contribution < -0.4 is 5.73 Å². The number of carbonyl (C=O) groups is 1. The number of benzene rings is 1. The van der Waals surface area contributed by atoms with Crippen molar-refractivity contribution in [2.24, 2.45) is 5.73 Å². The van der Waals surface area contributed by atoms with Gasteiger partial charge in [-0.2, -0.15) is 0 Å². The van der Waals surface area contributed by atoms with Crippen LogP contribution in [-0.2, 0) is 4.79 Å². The average molecular weight is 256 g/mol. The van der Waals surface area contributed by atoms with Crippen molar-refractivity contribution in [1.29, 1.82) is 0 Å². The molecule has 0 aromatic heterocycles. The Morgan fingerprint density at radius 2 is 2.11 bits per heavy atom. The predicted molar refractivity (Wildman–Crippen MR) is 76.3 cm³/mol. The van der Waals surface area contributed by atoms with Crippen LogP contribution in [-0.4, -0.2) is 29.4 Å². The van der Waals surface area contributed by atoms with Crippen molar-refractivity contribution in [2.45, 2.75) is 38.3 Å². The van der Waals surface area contributed by atoms with Gasteiger partial charge in [-0.15, -0.1) is 0 Å². The minimum absolute atomic E-state index is 0.00257. The van der Waals surface area contributed by atoms with E-state index in [1.165, 1.54) is 0 Å². The number of amides is 1. The molecule has 19 heavy (non-hydrogen) atoms. The molecule has 1 heterocycles. The number of carbonyl (C=O) groups excluding carboxylic acids is 1. The Kier molecular flexibility index (Phi) is 4.59. The number of rotatable bonds is 1. The van der Waals surface area contributed by atoms with Crippen LogP contribution in [0.25, 0.3) is 0 Å². The van der Waals surface area contributed by atoms with E-state index in [-0.39, 0.29) is 18.0 Å². The van der Waals surface area contributed by atoms with Gasteiger partial charge >= 0.3 is 0 Å². The van der Waals surface area contributed by atoms with E-state index in [0.29, 0.717) is 0 Å². The van der Waals surface area contributed by atoms with Crippen molar-refractivity contribution in [1.82, 2.24) is 4.90 Å². The number of hydrogen-bond acceptors (Lipinski definition) is 2.